The van der Waals surface area contributed by atoms with E-state index < -0.39 is 0 Å². The highest BCUT2D eigenvalue weighted by atomic mass is 35.5. The van der Waals surface area contributed by atoms with Gasteiger partial charge < -0.3 is 11.1 Å². The van der Waals surface area contributed by atoms with E-state index in [0.29, 0.717) is 22.0 Å². The first-order valence-corrected chi connectivity index (χ1v) is 5.87. The number of nitrogens with two attached hydrogens (primary N) is 1. The zero-order valence-electron chi connectivity index (χ0n) is 9.91. The van der Waals surface area contributed by atoms with Gasteiger partial charge in [0.1, 0.15) is 0 Å². The molecule has 3 nitrogen and oxygen atoms in total. The number of rotatable bonds is 2. The zero-order valence-corrected chi connectivity index (χ0v) is 10.7. The molecule has 0 aliphatic carbocycles. The van der Waals surface area contributed by atoms with Gasteiger partial charge in [-0.15, -0.1) is 0 Å². The number of nitrogen functional groups attached to an aromatic ring is 1. The molecule has 0 radical (unpaired) electrons. The fourth-order valence-electron chi connectivity index (χ4n) is 1.61. The lowest BCUT2D eigenvalue weighted by molar-refractivity contribution is 0.102. The van der Waals surface area contributed by atoms with Crippen LogP contribution in [0.2, 0.25) is 5.02 Å². The largest absolute Gasteiger partial charge is 0.399 e. The summed E-state index contributed by atoms with van der Waals surface area (Å²) in [7, 11) is 0. The van der Waals surface area contributed by atoms with E-state index >= 15 is 0 Å². The molecule has 0 heterocycles. The summed E-state index contributed by atoms with van der Waals surface area (Å²) in [6.45, 7) is 1.94. The van der Waals surface area contributed by atoms with Crippen molar-refractivity contribution >= 4 is 28.9 Å². The molecule has 0 aromatic heterocycles. The van der Waals surface area contributed by atoms with Crippen LogP contribution in [0.15, 0.2) is 42.5 Å². The van der Waals surface area contributed by atoms with Crippen LogP contribution in [0.3, 0.4) is 0 Å². The molecule has 18 heavy (non-hydrogen) atoms. The quantitative estimate of drug-likeness (QED) is 0.812. The first-order chi connectivity index (χ1) is 8.56. The first kappa shape index (κ1) is 12.5. The van der Waals surface area contributed by atoms with E-state index in [9.17, 15) is 4.79 Å². The molecule has 4 heteroatoms. The molecule has 0 unspecified atom stereocenters. The van der Waals surface area contributed by atoms with E-state index in [2.05, 4.69) is 5.32 Å². The maximum Gasteiger partial charge on any atom is 0.255 e. The average Bonchev–Trinajstić information content (AvgIpc) is 2.34. The summed E-state index contributed by atoms with van der Waals surface area (Å²) in [6, 6.07) is 12.3. The van der Waals surface area contributed by atoms with Crippen LogP contribution < -0.4 is 11.1 Å². The molecule has 1 amide bonds. The molecule has 0 saturated heterocycles. The van der Waals surface area contributed by atoms with Gasteiger partial charge >= 0.3 is 0 Å². The number of benzene rings is 2. The number of aryl methyl sites for hydroxylation is 1. The Morgan fingerprint density at radius 2 is 2.00 bits per heavy atom. The molecule has 3 N–H and O–H groups in total. The van der Waals surface area contributed by atoms with Crippen molar-refractivity contribution < 1.29 is 4.79 Å². The normalized spacial score (nSPS) is 10.1. The Morgan fingerprint density at radius 1 is 1.22 bits per heavy atom. The fourth-order valence-corrected chi connectivity index (χ4v) is 1.77. The number of hydrogen-bond donors (Lipinski definition) is 2. The van der Waals surface area contributed by atoms with Gasteiger partial charge in [-0.2, -0.15) is 0 Å². The van der Waals surface area contributed by atoms with Gasteiger partial charge in [-0.25, -0.2) is 0 Å². The maximum atomic E-state index is 12.0. The average molecular weight is 261 g/mol. The molecule has 0 aliphatic rings. The third kappa shape index (κ3) is 2.81. The number of anilines is 2. The van der Waals surface area contributed by atoms with Crippen molar-refractivity contribution in [1.82, 2.24) is 0 Å². The van der Waals surface area contributed by atoms with E-state index in [-0.39, 0.29) is 5.91 Å². The van der Waals surface area contributed by atoms with E-state index in [1.165, 1.54) is 0 Å². The Bertz CT molecular complexity index is 596. The standard InChI is InChI=1S/C14H13ClN2O/c1-9-5-6-12(15)13(7-9)17-14(18)10-3-2-4-11(16)8-10/h2-8H,16H2,1H3,(H,17,18). The van der Waals surface area contributed by atoms with Crippen molar-refractivity contribution in [3.63, 3.8) is 0 Å². The van der Waals surface area contributed by atoms with Gasteiger partial charge in [0.15, 0.2) is 0 Å². The minimum absolute atomic E-state index is 0.227. The van der Waals surface area contributed by atoms with Crippen molar-refractivity contribution in [3.8, 4) is 0 Å². The van der Waals surface area contributed by atoms with Crippen molar-refractivity contribution in [2.45, 2.75) is 6.92 Å². The Balaban J connectivity index is 2.24. The lowest BCUT2D eigenvalue weighted by Gasteiger charge is -2.08. The van der Waals surface area contributed by atoms with Crippen molar-refractivity contribution in [3.05, 3.63) is 58.6 Å². The maximum absolute atomic E-state index is 12.0. The molecule has 0 spiro atoms. The summed E-state index contributed by atoms with van der Waals surface area (Å²) in [5, 5.41) is 3.28. The van der Waals surface area contributed by atoms with E-state index in [1.54, 1.807) is 30.3 Å². The van der Waals surface area contributed by atoms with Crippen LogP contribution in [0.4, 0.5) is 11.4 Å². The number of amides is 1. The minimum atomic E-state index is -0.227. The zero-order chi connectivity index (χ0) is 13.1. The molecular formula is C14H13ClN2O. The lowest BCUT2D eigenvalue weighted by atomic mass is 10.1. The van der Waals surface area contributed by atoms with Crippen molar-refractivity contribution in [2.24, 2.45) is 0 Å². The van der Waals surface area contributed by atoms with Crippen LogP contribution in [0.5, 0.6) is 0 Å². The molecule has 2 aromatic rings. The van der Waals surface area contributed by atoms with Crippen LogP contribution in [0.25, 0.3) is 0 Å². The second-order valence-electron chi connectivity index (χ2n) is 4.06. The van der Waals surface area contributed by atoms with E-state index in [1.807, 2.05) is 19.1 Å². The second kappa shape index (κ2) is 5.10. The molecule has 0 fully saturated rings. The Kier molecular flexibility index (Phi) is 3.53. The lowest BCUT2D eigenvalue weighted by Crippen LogP contribution is -2.12. The predicted molar refractivity (Wildman–Crippen MR) is 75.0 cm³/mol. The second-order valence-corrected chi connectivity index (χ2v) is 4.47. The van der Waals surface area contributed by atoms with Crippen molar-refractivity contribution in [1.29, 1.82) is 0 Å². The van der Waals surface area contributed by atoms with Crippen molar-refractivity contribution in [2.75, 3.05) is 11.1 Å². The molecule has 92 valence electrons. The molecule has 0 aliphatic heterocycles. The molecule has 2 aromatic carbocycles. The summed E-state index contributed by atoms with van der Waals surface area (Å²) in [4.78, 5) is 12.0. The number of carbonyl (C=O) groups excluding carboxylic acids is 1. The molecular weight excluding hydrogens is 248 g/mol. The Morgan fingerprint density at radius 3 is 2.72 bits per heavy atom. The smallest absolute Gasteiger partial charge is 0.255 e. The Labute approximate surface area is 111 Å². The number of nitrogens with one attached hydrogen (secondary N) is 1. The number of hydrogen-bond acceptors (Lipinski definition) is 2. The number of halogens is 1. The highest BCUT2D eigenvalue weighted by molar-refractivity contribution is 6.34. The topological polar surface area (TPSA) is 55.1 Å². The third-order valence-electron chi connectivity index (χ3n) is 2.52. The van der Waals surface area contributed by atoms with Crippen LogP contribution in [0, 0.1) is 6.92 Å². The number of carbonyl (C=O) groups is 1. The fraction of sp³-hybridized carbons (Fsp3) is 0.0714. The van der Waals surface area contributed by atoms with Gasteiger partial charge in [-0.3, -0.25) is 4.79 Å². The van der Waals surface area contributed by atoms with Crippen LogP contribution in [0.1, 0.15) is 15.9 Å². The van der Waals surface area contributed by atoms with Gasteiger partial charge in [0.2, 0.25) is 0 Å². The summed E-state index contributed by atoms with van der Waals surface area (Å²) in [6.07, 6.45) is 0. The van der Waals surface area contributed by atoms with E-state index in [4.69, 9.17) is 17.3 Å². The van der Waals surface area contributed by atoms with Gasteiger partial charge in [0, 0.05) is 11.3 Å². The monoisotopic (exact) mass is 260 g/mol. The molecule has 2 rings (SSSR count). The first-order valence-electron chi connectivity index (χ1n) is 5.49. The third-order valence-corrected chi connectivity index (χ3v) is 2.85. The molecule has 0 atom stereocenters. The van der Waals surface area contributed by atoms with E-state index in [0.717, 1.165) is 5.56 Å². The highest BCUT2D eigenvalue weighted by Gasteiger charge is 2.08. The van der Waals surface area contributed by atoms with Crippen LogP contribution >= 0.6 is 11.6 Å². The molecule has 0 bridgehead atoms. The van der Waals surface area contributed by atoms with Crippen LogP contribution in [-0.2, 0) is 0 Å². The minimum Gasteiger partial charge on any atom is -0.399 e. The van der Waals surface area contributed by atoms with Gasteiger partial charge in [0.05, 0.1) is 10.7 Å². The summed E-state index contributed by atoms with van der Waals surface area (Å²) in [5.74, 6) is -0.227. The van der Waals surface area contributed by atoms with Gasteiger partial charge in [-0.1, -0.05) is 23.7 Å². The molecule has 0 saturated carbocycles. The Hall–Kier alpha value is -2.00. The predicted octanol–water partition coefficient (Wildman–Crippen LogP) is 3.48. The SMILES string of the molecule is Cc1ccc(Cl)c(NC(=O)c2cccc(N)c2)c1. The highest BCUT2D eigenvalue weighted by Crippen LogP contribution is 2.23. The summed E-state index contributed by atoms with van der Waals surface area (Å²) >= 11 is 6.02. The van der Waals surface area contributed by atoms with Gasteiger partial charge in [-0.05, 0) is 42.8 Å². The summed E-state index contributed by atoms with van der Waals surface area (Å²) < 4.78 is 0. The summed E-state index contributed by atoms with van der Waals surface area (Å²) in [5.41, 5.74) is 8.33. The van der Waals surface area contributed by atoms with Crippen LogP contribution in [-0.4, -0.2) is 5.91 Å². The van der Waals surface area contributed by atoms with Gasteiger partial charge in [0.25, 0.3) is 5.91 Å².